The van der Waals surface area contributed by atoms with Gasteiger partial charge in [-0.05, 0) is 37.6 Å². The number of fused-ring (bicyclic) bond motifs is 1. The van der Waals surface area contributed by atoms with Crippen LogP contribution in [0.2, 0.25) is 0 Å². The first-order valence-corrected chi connectivity index (χ1v) is 8.01. The van der Waals surface area contributed by atoms with Gasteiger partial charge in [-0.2, -0.15) is 22.0 Å². The Labute approximate surface area is 155 Å². The molecule has 0 spiro atoms. The largest absolute Gasteiger partial charge is 0.481 e. The molecule has 3 aromatic rings. The maximum Gasteiger partial charge on any atom is 0.425 e. The summed E-state index contributed by atoms with van der Waals surface area (Å²) in [5.41, 5.74) is 1.46. The van der Waals surface area contributed by atoms with Gasteiger partial charge in [-0.1, -0.05) is 0 Å². The Hall–Kier alpha value is -2.82. The summed E-state index contributed by atoms with van der Waals surface area (Å²) in [6, 6.07) is 4.27. The number of alkyl halides is 5. The Morgan fingerprint density at radius 2 is 1.82 bits per heavy atom. The van der Waals surface area contributed by atoms with E-state index >= 15 is 0 Å². The van der Waals surface area contributed by atoms with Gasteiger partial charge in [0.15, 0.2) is 11.8 Å². The summed E-state index contributed by atoms with van der Waals surface area (Å²) in [6.45, 7) is 2.55. The molecular formula is C17H15F5N4O2. The van der Waals surface area contributed by atoms with E-state index < -0.39 is 24.2 Å². The summed E-state index contributed by atoms with van der Waals surface area (Å²) in [4.78, 5) is 4.16. The second kappa shape index (κ2) is 6.97. The molecule has 0 aliphatic heterocycles. The molecule has 0 amide bonds. The van der Waals surface area contributed by atoms with Crippen molar-refractivity contribution in [2.75, 3.05) is 7.11 Å². The van der Waals surface area contributed by atoms with Crippen LogP contribution in [0.25, 0.3) is 16.9 Å². The van der Waals surface area contributed by atoms with Crippen LogP contribution in [-0.4, -0.2) is 39.0 Å². The summed E-state index contributed by atoms with van der Waals surface area (Å²) in [7, 11) is 0.841. The number of aromatic nitrogens is 4. The fourth-order valence-corrected chi connectivity index (χ4v) is 2.50. The van der Waals surface area contributed by atoms with Crippen LogP contribution in [0.4, 0.5) is 22.0 Å². The van der Waals surface area contributed by atoms with Gasteiger partial charge in [0.05, 0.1) is 11.9 Å². The molecule has 2 heterocycles. The molecule has 3 rings (SSSR count). The molecule has 0 radical (unpaired) electrons. The number of hydrogen-bond donors (Lipinski definition) is 0. The minimum absolute atomic E-state index is 0.0306. The number of rotatable bonds is 5. The smallest absolute Gasteiger partial charge is 0.425 e. The highest BCUT2D eigenvalue weighted by Crippen LogP contribution is 2.31. The van der Waals surface area contributed by atoms with Crippen molar-refractivity contribution in [2.45, 2.75) is 32.2 Å². The summed E-state index contributed by atoms with van der Waals surface area (Å²) >= 11 is 0. The van der Waals surface area contributed by atoms with Crippen LogP contribution >= 0.6 is 0 Å². The van der Waals surface area contributed by atoms with Gasteiger partial charge in [-0.3, -0.25) is 9.38 Å². The van der Waals surface area contributed by atoms with Crippen molar-refractivity contribution in [3.8, 4) is 17.0 Å². The van der Waals surface area contributed by atoms with Crippen molar-refractivity contribution in [1.29, 1.82) is 0 Å². The predicted octanol–water partition coefficient (Wildman–Crippen LogP) is 4.13. The molecule has 1 unspecified atom stereocenters. The standard InChI is InChI=1S/C17H15F5N4O2/c1-9-6-11(28-10(2)16(18,19)20)4-5-12(9)13-8-26-14(7-23-13)24-25-15(26)17(21,22)27-3/h4-8,10H,1-3H3. The third kappa shape index (κ3) is 3.75. The van der Waals surface area contributed by atoms with Gasteiger partial charge in [-0.15, -0.1) is 10.2 Å². The van der Waals surface area contributed by atoms with E-state index in [0.29, 0.717) is 16.8 Å². The number of hydrogen-bond acceptors (Lipinski definition) is 5. The highest BCUT2D eigenvalue weighted by atomic mass is 19.4. The van der Waals surface area contributed by atoms with Crippen LogP contribution in [0.15, 0.2) is 30.6 Å². The van der Waals surface area contributed by atoms with Crippen LogP contribution in [0, 0.1) is 6.92 Å². The number of halogens is 5. The third-order valence-corrected chi connectivity index (χ3v) is 4.06. The lowest BCUT2D eigenvalue weighted by molar-refractivity contribution is -0.237. The van der Waals surface area contributed by atoms with E-state index in [1.807, 2.05) is 0 Å². The second-order valence-electron chi connectivity index (χ2n) is 6.02. The van der Waals surface area contributed by atoms with E-state index in [1.165, 1.54) is 30.6 Å². The zero-order valence-electron chi connectivity index (χ0n) is 15.0. The molecule has 0 fully saturated rings. The number of aryl methyl sites for hydroxylation is 1. The first-order chi connectivity index (χ1) is 13.0. The SMILES string of the molecule is COC(F)(F)c1nnc2cnc(-c3ccc(OC(C)C(F)(F)F)cc3C)cn12. The monoisotopic (exact) mass is 402 g/mol. The van der Waals surface area contributed by atoms with E-state index in [1.54, 1.807) is 6.92 Å². The molecule has 1 atom stereocenters. The Morgan fingerprint density at radius 1 is 1.11 bits per heavy atom. The van der Waals surface area contributed by atoms with Crippen LogP contribution in [-0.2, 0) is 10.8 Å². The fraction of sp³-hybridized carbons (Fsp3) is 0.353. The lowest BCUT2D eigenvalue weighted by Crippen LogP contribution is -2.31. The maximum atomic E-state index is 13.9. The quantitative estimate of drug-likeness (QED) is 0.601. The minimum Gasteiger partial charge on any atom is -0.481 e. The van der Waals surface area contributed by atoms with Gasteiger partial charge in [-0.25, -0.2) is 0 Å². The second-order valence-corrected chi connectivity index (χ2v) is 6.02. The number of ether oxygens (including phenoxy) is 2. The highest BCUT2D eigenvalue weighted by Gasteiger charge is 2.38. The minimum atomic E-state index is -4.49. The normalized spacial score (nSPS) is 13.7. The van der Waals surface area contributed by atoms with Crippen LogP contribution in [0.1, 0.15) is 18.3 Å². The third-order valence-electron chi connectivity index (χ3n) is 4.06. The average Bonchev–Trinajstić information content (AvgIpc) is 3.05. The average molecular weight is 402 g/mol. The summed E-state index contributed by atoms with van der Waals surface area (Å²) in [5, 5.41) is 7.06. The molecule has 11 heteroatoms. The van der Waals surface area contributed by atoms with E-state index in [-0.39, 0.29) is 11.4 Å². The fourth-order valence-electron chi connectivity index (χ4n) is 2.50. The molecular weight excluding hydrogens is 387 g/mol. The molecule has 2 aromatic heterocycles. The zero-order chi connectivity index (χ0) is 20.7. The van der Waals surface area contributed by atoms with Crippen LogP contribution in [0.3, 0.4) is 0 Å². The number of nitrogens with zero attached hydrogens (tertiary/aromatic N) is 4. The predicted molar refractivity (Wildman–Crippen MR) is 88.0 cm³/mol. The van der Waals surface area contributed by atoms with Crippen molar-refractivity contribution in [3.05, 3.63) is 42.0 Å². The van der Waals surface area contributed by atoms with Gasteiger partial charge >= 0.3 is 12.3 Å². The lowest BCUT2D eigenvalue weighted by Gasteiger charge is -2.18. The van der Waals surface area contributed by atoms with E-state index in [4.69, 9.17) is 4.74 Å². The van der Waals surface area contributed by atoms with Crippen molar-refractivity contribution in [3.63, 3.8) is 0 Å². The molecule has 1 aromatic carbocycles. The van der Waals surface area contributed by atoms with Gasteiger partial charge in [0.2, 0.25) is 5.82 Å². The molecule has 0 bridgehead atoms. The number of benzene rings is 1. The van der Waals surface area contributed by atoms with Crippen molar-refractivity contribution in [1.82, 2.24) is 19.6 Å². The van der Waals surface area contributed by atoms with E-state index in [2.05, 4.69) is 19.9 Å². The molecule has 0 N–H and O–H groups in total. The Bertz CT molecular complexity index is 1000. The van der Waals surface area contributed by atoms with E-state index in [9.17, 15) is 22.0 Å². The molecule has 0 saturated heterocycles. The van der Waals surface area contributed by atoms with Gasteiger partial charge in [0, 0.05) is 18.9 Å². The Morgan fingerprint density at radius 3 is 2.43 bits per heavy atom. The molecule has 0 aliphatic rings. The Kier molecular flexibility index (Phi) is 4.96. The topological polar surface area (TPSA) is 61.5 Å². The first kappa shape index (κ1) is 19.9. The number of methoxy groups -OCH3 is 1. The first-order valence-electron chi connectivity index (χ1n) is 8.01. The molecule has 150 valence electrons. The lowest BCUT2D eigenvalue weighted by atomic mass is 10.1. The van der Waals surface area contributed by atoms with Gasteiger partial charge < -0.3 is 9.47 Å². The van der Waals surface area contributed by atoms with Crippen LogP contribution < -0.4 is 4.74 Å². The Balaban J connectivity index is 1.97. The summed E-state index contributed by atoms with van der Waals surface area (Å²) in [5.74, 6) is -0.687. The van der Waals surface area contributed by atoms with Crippen molar-refractivity contribution in [2.24, 2.45) is 0 Å². The van der Waals surface area contributed by atoms with Crippen molar-refractivity contribution >= 4 is 5.65 Å². The molecule has 0 saturated carbocycles. The van der Waals surface area contributed by atoms with Crippen LogP contribution in [0.5, 0.6) is 5.75 Å². The summed E-state index contributed by atoms with van der Waals surface area (Å²) in [6.07, 6.45) is -7.55. The highest BCUT2D eigenvalue weighted by molar-refractivity contribution is 5.65. The summed E-state index contributed by atoms with van der Waals surface area (Å²) < 4.78 is 75.7. The molecule has 0 aliphatic carbocycles. The maximum absolute atomic E-state index is 13.9. The molecule has 28 heavy (non-hydrogen) atoms. The van der Waals surface area contributed by atoms with Gasteiger partial charge in [0.1, 0.15) is 5.75 Å². The zero-order valence-corrected chi connectivity index (χ0v) is 15.0. The van der Waals surface area contributed by atoms with E-state index in [0.717, 1.165) is 18.4 Å². The van der Waals surface area contributed by atoms with Gasteiger partial charge in [0.25, 0.3) is 0 Å². The van der Waals surface area contributed by atoms with Crippen molar-refractivity contribution < 1.29 is 31.4 Å². The molecule has 6 nitrogen and oxygen atoms in total.